The summed E-state index contributed by atoms with van der Waals surface area (Å²) in [6.07, 6.45) is 0. The first kappa shape index (κ1) is 14.6. The van der Waals surface area contributed by atoms with Crippen molar-refractivity contribution in [3.8, 4) is 0 Å². The van der Waals surface area contributed by atoms with Gasteiger partial charge < -0.3 is 0 Å². The number of halogens is 1. The first-order valence-electron chi connectivity index (χ1n) is 5.35. The summed E-state index contributed by atoms with van der Waals surface area (Å²) in [5, 5.41) is 14.0. The second-order valence-corrected chi connectivity index (χ2v) is 6.37. The zero-order chi connectivity index (χ0) is 14.8. The van der Waals surface area contributed by atoms with E-state index in [0.717, 1.165) is 17.7 Å². The number of sulfonamides is 1. The van der Waals surface area contributed by atoms with Crippen molar-refractivity contribution in [3.63, 3.8) is 0 Å². The molecule has 6 nitrogen and oxygen atoms in total. The van der Waals surface area contributed by atoms with Gasteiger partial charge in [0, 0.05) is 18.7 Å². The molecule has 2 aromatic rings. The van der Waals surface area contributed by atoms with Gasteiger partial charge in [0.05, 0.1) is 9.82 Å². The Morgan fingerprint density at radius 2 is 2.10 bits per heavy atom. The van der Waals surface area contributed by atoms with Crippen LogP contribution in [0.25, 0.3) is 0 Å². The van der Waals surface area contributed by atoms with Gasteiger partial charge in [-0.3, -0.25) is 10.1 Å². The molecule has 0 aliphatic carbocycles. The Hall–Kier alpha value is -1.84. The summed E-state index contributed by atoms with van der Waals surface area (Å²) in [6, 6.07) is 4.21. The molecule has 0 unspecified atom stereocenters. The van der Waals surface area contributed by atoms with Gasteiger partial charge in [0.25, 0.3) is 0 Å². The molecule has 0 saturated carbocycles. The zero-order valence-electron chi connectivity index (χ0n) is 9.95. The van der Waals surface area contributed by atoms with E-state index in [1.807, 2.05) is 0 Å². The molecule has 0 aliphatic heterocycles. The van der Waals surface area contributed by atoms with Crippen molar-refractivity contribution in [2.24, 2.45) is 0 Å². The van der Waals surface area contributed by atoms with Gasteiger partial charge in [-0.1, -0.05) is 0 Å². The Morgan fingerprint density at radius 3 is 2.65 bits per heavy atom. The third-order valence-corrected chi connectivity index (χ3v) is 4.60. The van der Waals surface area contributed by atoms with Crippen molar-refractivity contribution in [1.29, 1.82) is 0 Å². The fourth-order valence-corrected chi connectivity index (χ4v) is 3.16. The third-order valence-electron chi connectivity index (χ3n) is 2.47. The number of nitro benzene ring substituents is 1. The molecule has 0 spiro atoms. The number of hydrogen-bond donors (Lipinski definition) is 1. The Morgan fingerprint density at radius 1 is 1.35 bits per heavy atom. The van der Waals surface area contributed by atoms with Gasteiger partial charge in [-0.2, -0.15) is 15.7 Å². The predicted octanol–water partition coefficient (Wildman–Crippen LogP) is 2.27. The average molecular weight is 316 g/mol. The number of hydrogen-bond acceptors (Lipinski definition) is 5. The van der Waals surface area contributed by atoms with Crippen LogP contribution in [0.1, 0.15) is 5.56 Å². The monoisotopic (exact) mass is 316 g/mol. The second kappa shape index (κ2) is 5.65. The molecule has 0 radical (unpaired) electrons. The summed E-state index contributed by atoms with van der Waals surface area (Å²) in [4.78, 5) is 9.20. The van der Waals surface area contributed by atoms with Crippen molar-refractivity contribution < 1.29 is 17.7 Å². The van der Waals surface area contributed by atoms with E-state index in [1.54, 1.807) is 16.8 Å². The number of benzene rings is 1. The highest BCUT2D eigenvalue weighted by molar-refractivity contribution is 7.89. The molecule has 9 heteroatoms. The molecule has 2 rings (SSSR count). The van der Waals surface area contributed by atoms with Gasteiger partial charge in [0.1, 0.15) is 0 Å². The van der Waals surface area contributed by atoms with E-state index in [0.29, 0.717) is 6.07 Å². The van der Waals surface area contributed by atoms with Crippen LogP contribution in [0.5, 0.6) is 0 Å². The fraction of sp³-hybridized carbons (Fsp3) is 0.0909. The lowest BCUT2D eigenvalue weighted by Crippen LogP contribution is -2.23. The minimum Gasteiger partial charge on any atom is -0.258 e. The topological polar surface area (TPSA) is 89.3 Å². The number of rotatable bonds is 5. The van der Waals surface area contributed by atoms with Crippen LogP contribution < -0.4 is 4.72 Å². The van der Waals surface area contributed by atoms with Crippen LogP contribution in [0.4, 0.5) is 10.1 Å². The standard InChI is InChI=1S/C11H9FN2O4S2/c12-10-5-9(1-2-11(10)14(15)16)20(17,18)13-6-8-3-4-19-7-8/h1-5,7,13H,6H2. The first-order valence-corrected chi connectivity index (χ1v) is 7.77. The van der Waals surface area contributed by atoms with Crippen LogP contribution in [0.3, 0.4) is 0 Å². The average Bonchev–Trinajstić information content (AvgIpc) is 2.89. The van der Waals surface area contributed by atoms with Crippen molar-refractivity contribution >= 4 is 27.0 Å². The zero-order valence-corrected chi connectivity index (χ0v) is 11.6. The van der Waals surface area contributed by atoms with Gasteiger partial charge in [0.2, 0.25) is 15.8 Å². The minimum absolute atomic E-state index is 0.0738. The molecule has 0 bridgehead atoms. The summed E-state index contributed by atoms with van der Waals surface area (Å²) >= 11 is 1.42. The van der Waals surface area contributed by atoms with Crippen molar-refractivity contribution in [2.45, 2.75) is 11.4 Å². The molecule has 0 amide bonds. The maximum absolute atomic E-state index is 13.4. The third kappa shape index (κ3) is 3.18. The van der Waals surface area contributed by atoms with Crippen LogP contribution in [0.2, 0.25) is 0 Å². The molecule has 0 aliphatic rings. The molecule has 0 atom stereocenters. The summed E-state index contributed by atoms with van der Waals surface area (Å²) in [5.41, 5.74) is 0.0164. The fourth-order valence-electron chi connectivity index (χ4n) is 1.46. The highest BCUT2D eigenvalue weighted by Gasteiger charge is 2.20. The summed E-state index contributed by atoms with van der Waals surface area (Å²) in [5.74, 6) is -1.19. The normalized spacial score (nSPS) is 11.4. The second-order valence-electron chi connectivity index (χ2n) is 3.83. The maximum Gasteiger partial charge on any atom is 0.304 e. The van der Waals surface area contributed by atoms with Crippen LogP contribution in [-0.2, 0) is 16.6 Å². The smallest absolute Gasteiger partial charge is 0.258 e. The quantitative estimate of drug-likeness (QED) is 0.677. The molecule has 106 valence electrons. The van der Waals surface area contributed by atoms with E-state index in [1.165, 1.54) is 11.3 Å². The van der Waals surface area contributed by atoms with Gasteiger partial charge in [-0.25, -0.2) is 13.1 Å². The highest BCUT2D eigenvalue weighted by atomic mass is 32.2. The molecule has 20 heavy (non-hydrogen) atoms. The van der Waals surface area contributed by atoms with Crippen LogP contribution >= 0.6 is 11.3 Å². The molecule has 1 N–H and O–H groups in total. The van der Waals surface area contributed by atoms with Gasteiger partial charge in [-0.05, 0) is 28.5 Å². The molecular weight excluding hydrogens is 307 g/mol. The largest absolute Gasteiger partial charge is 0.304 e. The first-order chi connectivity index (χ1) is 9.40. The number of thiophene rings is 1. The van der Waals surface area contributed by atoms with Gasteiger partial charge in [0.15, 0.2) is 0 Å². The maximum atomic E-state index is 13.4. The lowest BCUT2D eigenvalue weighted by Gasteiger charge is -2.06. The molecule has 0 saturated heterocycles. The molecular formula is C11H9FN2O4S2. The van der Waals surface area contributed by atoms with Crippen molar-refractivity contribution in [2.75, 3.05) is 0 Å². The summed E-state index contributed by atoms with van der Waals surface area (Å²) in [7, 11) is -3.91. The lowest BCUT2D eigenvalue weighted by atomic mass is 10.3. The summed E-state index contributed by atoms with van der Waals surface area (Å²) in [6.45, 7) is 0.0738. The molecule has 1 aromatic carbocycles. The van der Waals surface area contributed by atoms with E-state index >= 15 is 0 Å². The van der Waals surface area contributed by atoms with Crippen LogP contribution in [-0.4, -0.2) is 13.3 Å². The van der Waals surface area contributed by atoms with Gasteiger partial charge >= 0.3 is 5.69 Å². The van der Waals surface area contributed by atoms with E-state index in [2.05, 4.69) is 4.72 Å². The number of nitro groups is 1. The van der Waals surface area contributed by atoms with Crippen LogP contribution in [0.15, 0.2) is 39.9 Å². The summed E-state index contributed by atoms with van der Waals surface area (Å²) < 4.78 is 39.5. The van der Waals surface area contributed by atoms with E-state index in [4.69, 9.17) is 0 Å². The van der Waals surface area contributed by atoms with Crippen LogP contribution in [0, 0.1) is 15.9 Å². The predicted molar refractivity (Wildman–Crippen MR) is 71.4 cm³/mol. The Balaban J connectivity index is 2.21. The molecule has 1 aromatic heterocycles. The number of nitrogens with one attached hydrogen (secondary N) is 1. The van der Waals surface area contributed by atoms with E-state index < -0.39 is 26.5 Å². The SMILES string of the molecule is O=[N+]([O-])c1ccc(S(=O)(=O)NCc2ccsc2)cc1F. The minimum atomic E-state index is -3.91. The Labute approximate surface area is 118 Å². The highest BCUT2D eigenvalue weighted by Crippen LogP contribution is 2.20. The van der Waals surface area contributed by atoms with E-state index in [-0.39, 0.29) is 11.4 Å². The van der Waals surface area contributed by atoms with E-state index in [9.17, 15) is 22.9 Å². The molecule has 0 fully saturated rings. The van der Waals surface area contributed by atoms with Crippen molar-refractivity contribution in [1.82, 2.24) is 4.72 Å². The molecule has 1 heterocycles. The van der Waals surface area contributed by atoms with Crippen molar-refractivity contribution in [3.05, 3.63) is 56.5 Å². The Kier molecular flexibility index (Phi) is 4.12. The Bertz CT molecular complexity index is 729. The number of nitrogens with zero attached hydrogens (tertiary/aromatic N) is 1. The van der Waals surface area contributed by atoms with Gasteiger partial charge in [-0.15, -0.1) is 0 Å². The lowest BCUT2D eigenvalue weighted by molar-refractivity contribution is -0.387.